The fourth-order valence-electron chi connectivity index (χ4n) is 2.71. The molecule has 0 amide bonds. The van der Waals surface area contributed by atoms with Gasteiger partial charge in [0.1, 0.15) is 11.3 Å². The second-order valence-electron chi connectivity index (χ2n) is 4.84. The summed E-state index contributed by atoms with van der Waals surface area (Å²) in [6.07, 6.45) is 8.28. The maximum atomic E-state index is 5.88. The molecule has 1 aliphatic rings. The van der Waals surface area contributed by atoms with Gasteiger partial charge >= 0.3 is 0 Å². The molecule has 88 valence electrons. The van der Waals surface area contributed by atoms with Gasteiger partial charge in [0.05, 0.1) is 0 Å². The zero-order valence-electron chi connectivity index (χ0n) is 9.89. The Morgan fingerprint density at radius 1 is 1.06 bits per heavy atom. The van der Waals surface area contributed by atoms with Crippen LogP contribution >= 0.6 is 0 Å². The molecule has 2 N–H and O–H groups in total. The standard InChI is InChI=1S/C14H17N3/c15-14-13-11(8-9-16-14)6-7-12(17-13)10-4-2-1-3-5-10/h6-10H,1-5H2,(H2,15,16). The second kappa shape index (κ2) is 4.32. The molecule has 0 aliphatic heterocycles. The fourth-order valence-corrected chi connectivity index (χ4v) is 2.71. The van der Waals surface area contributed by atoms with Crippen molar-refractivity contribution in [1.29, 1.82) is 0 Å². The van der Waals surface area contributed by atoms with Gasteiger partial charge in [0.15, 0.2) is 0 Å². The van der Waals surface area contributed by atoms with E-state index in [9.17, 15) is 0 Å². The number of hydrogen-bond acceptors (Lipinski definition) is 3. The summed E-state index contributed by atoms with van der Waals surface area (Å²) < 4.78 is 0. The first kappa shape index (κ1) is 10.5. The number of hydrogen-bond donors (Lipinski definition) is 1. The molecule has 2 heterocycles. The number of rotatable bonds is 1. The summed E-state index contributed by atoms with van der Waals surface area (Å²) in [5, 5.41) is 1.08. The average molecular weight is 227 g/mol. The molecule has 1 saturated carbocycles. The van der Waals surface area contributed by atoms with Crippen molar-refractivity contribution in [3.05, 3.63) is 30.1 Å². The molecule has 0 unspecified atom stereocenters. The Morgan fingerprint density at radius 2 is 1.88 bits per heavy atom. The van der Waals surface area contributed by atoms with E-state index in [0.717, 1.165) is 10.9 Å². The third-order valence-electron chi connectivity index (χ3n) is 3.68. The minimum Gasteiger partial charge on any atom is -0.382 e. The van der Waals surface area contributed by atoms with Gasteiger partial charge in [-0.3, -0.25) is 0 Å². The van der Waals surface area contributed by atoms with Crippen LogP contribution in [0.4, 0.5) is 5.82 Å². The molecule has 1 aliphatic carbocycles. The SMILES string of the molecule is Nc1nccc2ccc(C3CCCCC3)nc12. The lowest BCUT2D eigenvalue weighted by molar-refractivity contribution is 0.437. The van der Waals surface area contributed by atoms with Crippen LogP contribution in [-0.4, -0.2) is 9.97 Å². The first-order valence-corrected chi connectivity index (χ1v) is 6.36. The molecule has 0 spiro atoms. The Balaban J connectivity index is 2.03. The molecule has 0 atom stereocenters. The van der Waals surface area contributed by atoms with E-state index in [-0.39, 0.29) is 0 Å². The van der Waals surface area contributed by atoms with Gasteiger partial charge < -0.3 is 5.73 Å². The number of fused-ring (bicyclic) bond motifs is 1. The van der Waals surface area contributed by atoms with E-state index in [1.807, 2.05) is 6.07 Å². The second-order valence-corrected chi connectivity index (χ2v) is 4.84. The molecule has 3 heteroatoms. The van der Waals surface area contributed by atoms with E-state index in [4.69, 9.17) is 10.7 Å². The van der Waals surface area contributed by atoms with Gasteiger partial charge in [-0.15, -0.1) is 0 Å². The Morgan fingerprint density at radius 3 is 2.71 bits per heavy atom. The van der Waals surface area contributed by atoms with Gasteiger partial charge in [-0.1, -0.05) is 25.3 Å². The normalized spacial score (nSPS) is 17.4. The van der Waals surface area contributed by atoms with E-state index in [2.05, 4.69) is 17.1 Å². The van der Waals surface area contributed by atoms with Crippen molar-refractivity contribution in [2.24, 2.45) is 0 Å². The lowest BCUT2D eigenvalue weighted by Gasteiger charge is -2.21. The van der Waals surface area contributed by atoms with Crippen LogP contribution in [0, 0.1) is 0 Å². The highest BCUT2D eigenvalue weighted by atomic mass is 14.9. The summed E-state index contributed by atoms with van der Waals surface area (Å²) in [6, 6.07) is 6.23. The van der Waals surface area contributed by atoms with Gasteiger partial charge in [0, 0.05) is 23.2 Å². The van der Waals surface area contributed by atoms with E-state index >= 15 is 0 Å². The summed E-state index contributed by atoms with van der Waals surface area (Å²) in [5.74, 6) is 1.16. The maximum absolute atomic E-state index is 5.88. The molecule has 0 bridgehead atoms. The van der Waals surface area contributed by atoms with Crippen LogP contribution in [0.2, 0.25) is 0 Å². The van der Waals surface area contributed by atoms with Gasteiger partial charge in [-0.2, -0.15) is 0 Å². The third kappa shape index (κ3) is 1.97. The highest BCUT2D eigenvalue weighted by Crippen LogP contribution is 2.32. The zero-order chi connectivity index (χ0) is 11.7. The summed E-state index contributed by atoms with van der Waals surface area (Å²) in [7, 11) is 0. The monoisotopic (exact) mass is 227 g/mol. The van der Waals surface area contributed by atoms with Crippen molar-refractivity contribution >= 4 is 16.7 Å². The molecular weight excluding hydrogens is 210 g/mol. The average Bonchev–Trinajstić information content (AvgIpc) is 2.40. The summed E-state index contributed by atoms with van der Waals surface area (Å²) in [4.78, 5) is 8.82. The highest BCUT2D eigenvalue weighted by Gasteiger charge is 2.17. The largest absolute Gasteiger partial charge is 0.382 e. The summed E-state index contributed by atoms with van der Waals surface area (Å²) in [5.41, 5.74) is 7.93. The van der Waals surface area contributed by atoms with E-state index in [0.29, 0.717) is 11.7 Å². The molecule has 0 aromatic carbocycles. The fraction of sp³-hybridized carbons (Fsp3) is 0.429. The quantitative estimate of drug-likeness (QED) is 0.813. The van der Waals surface area contributed by atoms with Crippen LogP contribution in [0.3, 0.4) is 0 Å². The minimum atomic E-state index is 0.542. The van der Waals surface area contributed by atoms with Crippen LogP contribution < -0.4 is 5.73 Å². The third-order valence-corrected chi connectivity index (χ3v) is 3.68. The Bertz CT molecular complexity index is 530. The van der Waals surface area contributed by atoms with E-state index in [1.54, 1.807) is 6.20 Å². The van der Waals surface area contributed by atoms with Crippen LogP contribution in [0.15, 0.2) is 24.4 Å². The van der Waals surface area contributed by atoms with Crippen molar-refractivity contribution in [2.75, 3.05) is 5.73 Å². The van der Waals surface area contributed by atoms with Crippen LogP contribution in [-0.2, 0) is 0 Å². The molecule has 17 heavy (non-hydrogen) atoms. The first-order valence-electron chi connectivity index (χ1n) is 6.36. The highest BCUT2D eigenvalue weighted by molar-refractivity contribution is 5.86. The molecule has 2 aromatic heterocycles. The van der Waals surface area contributed by atoms with Crippen molar-refractivity contribution in [2.45, 2.75) is 38.0 Å². The molecular formula is C14H17N3. The van der Waals surface area contributed by atoms with Crippen LogP contribution in [0.5, 0.6) is 0 Å². The topological polar surface area (TPSA) is 51.8 Å². The van der Waals surface area contributed by atoms with Crippen molar-refractivity contribution in [1.82, 2.24) is 9.97 Å². The van der Waals surface area contributed by atoms with E-state index in [1.165, 1.54) is 37.8 Å². The predicted octanol–water partition coefficient (Wildman–Crippen LogP) is 3.26. The molecule has 0 radical (unpaired) electrons. The predicted molar refractivity (Wildman–Crippen MR) is 69.8 cm³/mol. The minimum absolute atomic E-state index is 0.542. The zero-order valence-corrected chi connectivity index (χ0v) is 9.89. The van der Waals surface area contributed by atoms with Crippen molar-refractivity contribution < 1.29 is 0 Å². The number of anilines is 1. The lowest BCUT2D eigenvalue weighted by atomic mass is 9.86. The smallest absolute Gasteiger partial charge is 0.149 e. The molecule has 1 fully saturated rings. The van der Waals surface area contributed by atoms with Gasteiger partial charge in [-0.25, -0.2) is 9.97 Å². The number of pyridine rings is 2. The van der Waals surface area contributed by atoms with Crippen molar-refractivity contribution in [3.63, 3.8) is 0 Å². The van der Waals surface area contributed by atoms with Crippen LogP contribution in [0.25, 0.3) is 10.9 Å². The number of nitrogens with two attached hydrogens (primary N) is 1. The number of nitrogens with zero attached hydrogens (tertiary/aromatic N) is 2. The van der Waals surface area contributed by atoms with E-state index < -0.39 is 0 Å². The Hall–Kier alpha value is -1.64. The number of nitrogen functional groups attached to an aromatic ring is 1. The molecule has 3 nitrogen and oxygen atoms in total. The van der Waals surface area contributed by atoms with Gasteiger partial charge in [0.25, 0.3) is 0 Å². The maximum Gasteiger partial charge on any atom is 0.149 e. The first-order chi connectivity index (χ1) is 8.34. The Kier molecular flexibility index (Phi) is 2.67. The lowest BCUT2D eigenvalue weighted by Crippen LogP contribution is -2.07. The molecule has 0 saturated heterocycles. The summed E-state index contributed by atoms with van der Waals surface area (Å²) in [6.45, 7) is 0. The molecule has 2 aromatic rings. The number of aromatic nitrogens is 2. The van der Waals surface area contributed by atoms with Crippen LogP contribution in [0.1, 0.15) is 43.7 Å². The van der Waals surface area contributed by atoms with Gasteiger partial charge in [0.2, 0.25) is 0 Å². The summed E-state index contributed by atoms with van der Waals surface area (Å²) >= 11 is 0. The Labute approximate surface area is 101 Å². The molecule has 3 rings (SSSR count). The van der Waals surface area contributed by atoms with Crippen molar-refractivity contribution in [3.8, 4) is 0 Å². The van der Waals surface area contributed by atoms with Gasteiger partial charge in [-0.05, 0) is 25.0 Å².